The van der Waals surface area contributed by atoms with E-state index in [1.54, 1.807) is 0 Å². The van der Waals surface area contributed by atoms with Gasteiger partial charge >= 0.3 is 0 Å². The van der Waals surface area contributed by atoms with Crippen LogP contribution in [0.25, 0.3) is 33.4 Å². The molecule has 0 N–H and O–H groups in total. The van der Waals surface area contributed by atoms with Gasteiger partial charge in [-0.05, 0) is 125 Å². The molecule has 9 aromatic carbocycles. The summed E-state index contributed by atoms with van der Waals surface area (Å²) in [6, 6.07) is 77.6. The molecule has 0 amide bonds. The smallest absolute Gasteiger partial charge is 0.256 e. The summed E-state index contributed by atoms with van der Waals surface area (Å²) < 4.78 is 7.08. The molecule has 0 aromatic heterocycles. The summed E-state index contributed by atoms with van der Waals surface area (Å²) in [4.78, 5) is 2.58. The van der Waals surface area contributed by atoms with Gasteiger partial charge in [0, 0.05) is 16.9 Å². The second-order valence-corrected chi connectivity index (χ2v) is 22.2. The van der Waals surface area contributed by atoms with E-state index in [1.807, 2.05) is 0 Å². The van der Waals surface area contributed by atoms with Gasteiger partial charge in [-0.1, -0.05) is 191 Å². The molecule has 4 heteroatoms. The Morgan fingerprint density at radius 3 is 1.76 bits per heavy atom. The van der Waals surface area contributed by atoms with E-state index in [2.05, 4.69) is 239 Å². The van der Waals surface area contributed by atoms with E-state index in [4.69, 9.17) is 4.74 Å². The number of nitrogens with zero attached hydrogens (tertiary/aromatic N) is 1. The van der Waals surface area contributed by atoms with Crippen molar-refractivity contribution in [2.45, 2.75) is 33.1 Å². The Balaban J connectivity index is 1.22. The van der Waals surface area contributed by atoms with Crippen LogP contribution in [0.3, 0.4) is 0 Å². The molecule has 3 heterocycles. The van der Waals surface area contributed by atoms with Crippen LogP contribution in [0.1, 0.15) is 31.9 Å². The Kier molecular flexibility index (Phi) is 8.48. The van der Waals surface area contributed by atoms with Gasteiger partial charge < -0.3 is 9.64 Å². The summed E-state index contributed by atoms with van der Waals surface area (Å²) >= 11 is 0. The summed E-state index contributed by atoms with van der Waals surface area (Å²) in [6.07, 6.45) is 0. The molecule has 0 saturated heterocycles. The van der Waals surface area contributed by atoms with E-state index >= 15 is 0 Å². The quantitative estimate of drug-likeness (QED) is 0.160. The third kappa shape index (κ3) is 5.71. The average Bonchev–Trinajstić information content (AvgIpc) is 3.61. The number of fused-ring (bicyclic) bond motifs is 7. The number of aryl methyl sites for hydroxylation is 1. The Morgan fingerprint density at radius 1 is 0.444 bits per heavy atom. The average molecular weight is 824 g/mol. The Labute approximate surface area is 372 Å². The predicted molar refractivity (Wildman–Crippen MR) is 269 cm³/mol. The molecule has 9 aromatic rings. The normalized spacial score (nSPS) is 13.9. The lowest BCUT2D eigenvalue weighted by Gasteiger charge is -2.42. The lowest BCUT2D eigenvalue weighted by atomic mass is 9.34. The van der Waals surface area contributed by atoms with Crippen LogP contribution in [0.2, 0.25) is 0 Å². The van der Waals surface area contributed by atoms with Crippen LogP contribution >= 0.6 is 0 Å². The van der Waals surface area contributed by atoms with Crippen molar-refractivity contribution in [2.24, 2.45) is 0 Å². The van der Waals surface area contributed by atoms with Gasteiger partial charge in [0.25, 0.3) is 6.71 Å². The monoisotopic (exact) mass is 823 g/mol. The highest BCUT2D eigenvalue weighted by Crippen LogP contribution is 2.47. The van der Waals surface area contributed by atoms with Crippen LogP contribution in [-0.4, -0.2) is 14.8 Å². The summed E-state index contributed by atoms with van der Waals surface area (Å²) in [6.45, 7) is 9.06. The van der Waals surface area contributed by atoms with E-state index < -0.39 is 8.07 Å². The zero-order valence-electron chi connectivity index (χ0n) is 36.1. The van der Waals surface area contributed by atoms with Crippen molar-refractivity contribution in [3.63, 3.8) is 0 Å². The molecule has 300 valence electrons. The van der Waals surface area contributed by atoms with Crippen molar-refractivity contribution < 1.29 is 4.74 Å². The maximum Gasteiger partial charge on any atom is 0.256 e. The molecular formula is C59H46BNOSi. The molecule has 0 saturated carbocycles. The minimum atomic E-state index is -2.82. The van der Waals surface area contributed by atoms with Gasteiger partial charge in [-0.15, -0.1) is 0 Å². The van der Waals surface area contributed by atoms with Gasteiger partial charge in [-0.2, -0.15) is 0 Å². The maximum absolute atomic E-state index is 7.08. The van der Waals surface area contributed by atoms with Crippen LogP contribution in [0.4, 0.5) is 17.1 Å². The van der Waals surface area contributed by atoms with E-state index in [-0.39, 0.29) is 12.1 Å². The third-order valence-corrected chi connectivity index (χ3v) is 18.7. The molecular weight excluding hydrogens is 778 g/mol. The topological polar surface area (TPSA) is 12.5 Å². The molecule has 3 aliphatic rings. The van der Waals surface area contributed by atoms with Crippen molar-refractivity contribution in [3.05, 3.63) is 217 Å². The second-order valence-electron chi connectivity index (χ2n) is 18.5. The Morgan fingerprint density at radius 2 is 1.08 bits per heavy atom. The van der Waals surface area contributed by atoms with E-state index in [0.717, 1.165) is 17.2 Å². The molecule has 0 unspecified atom stereocenters. The van der Waals surface area contributed by atoms with Crippen molar-refractivity contribution in [1.82, 2.24) is 0 Å². The van der Waals surface area contributed by atoms with Crippen LogP contribution in [-0.2, 0) is 5.41 Å². The van der Waals surface area contributed by atoms with Gasteiger partial charge in [0.2, 0.25) is 0 Å². The first-order valence-corrected chi connectivity index (χ1v) is 24.2. The molecule has 0 atom stereocenters. The molecule has 0 aliphatic carbocycles. The summed E-state index contributed by atoms with van der Waals surface area (Å²) in [7, 11) is -2.82. The molecule has 0 spiro atoms. The van der Waals surface area contributed by atoms with Crippen molar-refractivity contribution in [3.8, 4) is 44.9 Å². The first-order valence-electron chi connectivity index (χ1n) is 22.2. The molecule has 0 radical (unpaired) electrons. The zero-order chi connectivity index (χ0) is 42.5. The van der Waals surface area contributed by atoms with Crippen LogP contribution < -0.4 is 46.8 Å². The minimum Gasteiger partial charge on any atom is -0.458 e. The van der Waals surface area contributed by atoms with Crippen LogP contribution in [0.5, 0.6) is 11.5 Å². The summed E-state index contributed by atoms with van der Waals surface area (Å²) in [5.41, 5.74) is 17.1. The Hall–Kier alpha value is -7.14. The van der Waals surface area contributed by atoms with Crippen molar-refractivity contribution in [1.29, 1.82) is 0 Å². The number of hydrogen-bond acceptors (Lipinski definition) is 2. The van der Waals surface area contributed by atoms with Crippen LogP contribution in [0, 0.1) is 6.92 Å². The van der Waals surface area contributed by atoms with E-state index in [0.29, 0.717) is 0 Å². The number of benzene rings is 9. The SMILES string of the molecule is Cc1cc2c3c(c1)N(c1ccc(C(C)(C)C)cc1-c1ccccc1)c1cc4c(cc1B3c1cc(-c3ccccc3)ccc1O2)[Si](c1ccccc1)(c1ccccc1)c1ccccc1-4. The molecule has 0 bridgehead atoms. The van der Waals surface area contributed by atoms with E-state index in [1.165, 1.54) is 93.0 Å². The number of anilines is 3. The first kappa shape index (κ1) is 37.6. The largest absolute Gasteiger partial charge is 0.458 e. The van der Waals surface area contributed by atoms with Gasteiger partial charge in [-0.3, -0.25) is 0 Å². The minimum absolute atomic E-state index is 0.0309. The zero-order valence-corrected chi connectivity index (χ0v) is 37.1. The van der Waals surface area contributed by atoms with Gasteiger partial charge in [-0.25, -0.2) is 0 Å². The highest BCUT2D eigenvalue weighted by Gasteiger charge is 2.51. The summed E-state index contributed by atoms with van der Waals surface area (Å²) in [5, 5.41) is 5.68. The third-order valence-electron chi connectivity index (χ3n) is 13.8. The molecule has 2 nitrogen and oxygen atoms in total. The second kappa shape index (κ2) is 14.2. The predicted octanol–water partition coefficient (Wildman–Crippen LogP) is 10.4. The van der Waals surface area contributed by atoms with Gasteiger partial charge in [0.1, 0.15) is 11.5 Å². The van der Waals surface area contributed by atoms with Gasteiger partial charge in [0.05, 0.1) is 5.69 Å². The maximum atomic E-state index is 7.08. The fourth-order valence-electron chi connectivity index (χ4n) is 10.9. The summed E-state index contributed by atoms with van der Waals surface area (Å²) in [5.74, 6) is 1.85. The highest BCUT2D eigenvalue weighted by atomic mass is 28.3. The lowest BCUT2D eigenvalue weighted by molar-refractivity contribution is 0.487. The molecule has 3 aliphatic heterocycles. The fraction of sp³-hybridized carbons (Fsp3) is 0.0847. The molecule has 63 heavy (non-hydrogen) atoms. The van der Waals surface area contributed by atoms with Crippen LogP contribution in [0.15, 0.2) is 206 Å². The number of rotatable bonds is 5. The number of ether oxygens (including phenoxy) is 1. The van der Waals surface area contributed by atoms with Crippen molar-refractivity contribution in [2.75, 3.05) is 4.90 Å². The van der Waals surface area contributed by atoms with E-state index in [9.17, 15) is 0 Å². The number of hydrogen-bond donors (Lipinski definition) is 0. The fourth-order valence-corrected chi connectivity index (χ4v) is 16.1. The standard InChI is InChI=1S/C59H46BNOSi/c1-39-33-53-58-55(34-39)62-54-32-29-42(40-19-9-5-10-20-40)35-50(54)60(58)49-38-57-48(37-52(49)61(53)51-31-30-43(59(2,3)4)36-47(51)41-21-11-6-12-22-41)46-27-17-18-28-56(46)63(57,44-23-13-7-14-24-44)45-25-15-8-16-26-45/h5-38H,1-4H3. The van der Waals surface area contributed by atoms with Gasteiger partial charge in [0.15, 0.2) is 8.07 Å². The highest BCUT2D eigenvalue weighted by molar-refractivity contribution is 7.22. The molecule has 0 fully saturated rings. The Bertz CT molecular complexity index is 3210. The lowest BCUT2D eigenvalue weighted by Crippen LogP contribution is -2.73. The first-order chi connectivity index (χ1) is 30.8. The molecule has 12 rings (SSSR count). The van der Waals surface area contributed by atoms with Crippen molar-refractivity contribution >= 4 is 69.0 Å².